The summed E-state index contributed by atoms with van der Waals surface area (Å²) in [5, 5.41) is 8.18. The van der Waals surface area contributed by atoms with Crippen molar-refractivity contribution in [3.8, 4) is 0 Å². The molecule has 0 spiro atoms. The highest BCUT2D eigenvalue weighted by Gasteiger charge is 2.35. The molecule has 0 fully saturated rings. The number of halogens is 2. The van der Waals surface area contributed by atoms with E-state index in [0.29, 0.717) is 11.3 Å². The number of fused-ring (bicyclic) bond motifs is 2. The zero-order valence-corrected chi connectivity index (χ0v) is 15.1. The maximum Gasteiger partial charge on any atom is 0.238 e. The van der Waals surface area contributed by atoms with Gasteiger partial charge in [-0.05, 0) is 41.8 Å². The zero-order chi connectivity index (χ0) is 16.8. The van der Waals surface area contributed by atoms with Crippen LogP contribution in [0.15, 0.2) is 28.9 Å². The Morgan fingerprint density at radius 3 is 3.00 bits per heavy atom. The third kappa shape index (κ3) is 2.48. The van der Waals surface area contributed by atoms with Crippen molar-refractivity contribution in [1.29, 1.82) is 0 Å². The van der Waals surface area contributed by atoms with Crippen LogP contribution in [0.4, 0.5) is 5.69 Å². The fraction of sp³-hybridized carbons (Fsp3) is 0.250. The number of amides is 1. The van der Waals surface area contributed by atoms with Crippen LogP contribution in [0.1, 0.15) is 30.5 Å². The molecule has 0 radical (unpaired) electrons. The lowest BCUT2D eigenvalue weighted by Crippen LogP contribution is -2.15. The van der Waals surface area contributed by atoms with E-state index in [2.05, 4.69) is 43.2 Å². The third-order valence-electron chi connectivity index (χ3n) is 4.00. The van der Waals surface area contributed by atoms with E-state index in [1.807, 2.05) is 29.1 Å². The second kappa shape index (κ2) is 5.82. The van der Waals surface area contributed by atoms with E-state index < -0.39 is 5.92 Å². The van der Waals surface area contributed by atoms with Crippen LogP contribution in [0, 0.1) is 0 Å². The molecule has 1 N–H and O–H groups in total. The molecule has 24 heavy (non-hydrogen) atoms. The molecule has 1 unspecified atom stereocenters. The summed E-state index contributed by atoms with van der Waals surface area (Å²) < 4.78 is 2.72. The molecule has 0 saturated heterocycles. The molecule has 1 aromatic carbocycles. The quantitative estimate of drug-likeness (QED) is 0.673. The summed E-state index contributed by atoms with van der Waals surface area (Å²) in [6, 6.07) is 5.69. The number of carbonyl (C=O) groups excluding carboxylic acids is 1. The standard InChI is InChI=1S/C16H13BrClN5O/c1-2-5-23-7-10-13(20-16(18)21-14(10)22-23)12-9-6-8(17)3-4-11(9)19-15(12)24/h3-4,6-7,12H,2,5H2,1H3,(H,19,24). The molecule has 6 nitrogen and oxygen atoms in total. The highest BCUT2D eigenvalue weighted by molar-refractivity contribution is 9.10. The summed E-state index contributed by atoms with van der Waals surface area (Å²) in [6.07, 6.45) is 2.83. The maximum absolute atomic E-state index is 12.6. The van der Waals surface area contributed by atoms with E-state index in [1.54, 1.807) is 0 Å². The molecule has 3 aromatic rings. The van der Waals surface area contributed by atoms with Gasteiger partial charge in [0.05, 0.1) is 11.1 Å². The number of nitrogens with zero attached hydrogens (tertiary/aromatic N) is 4. The van der Waals surface area contributed by atoms with Crippen LogP contribution >= 0.6 is 27.5 Å². The summed E-state index contributed by atoms with van der Waals surface area (Å²) in [4.78, 5) is 21.1. The maximum atomic E-state index is 12.6. The molecule has 0 saturated carbocycles. The summed E-state index contributed by atoms with van der Waals surface area (Å²) in [5.41, 5.74) is 2.75. The molecule has 0 bridgehead atoms. The van der Waals surface area contributed by atoms with Crippen LogP contribution in [0.2, 0.25) is 5.28 Å². The Labute approximate surface area is 151 Å². The average molecular weight is 407 g/mol. The molecule has 2 aromatic heterocycles. The minimum absolute atomic E-state index is 0.0931. The van der Waals surface area contributed by atoms with Crippen molar-refractivity contribution in [2.75, 3.05) is 5.32 Å². The highest BCUT2D eigenvalue weighted by atomic mass is 79.9. The van der Waals surface area contributed by atoms with E-state index in [1.165, 1.54) is 0 Å². The van der Waals surface area contributed by atoms with Crippen molar-refractivity contribution in [1.82, 2.24) is 19.7 Å². The van der Waals surface area contributed by atoms with Gasteiger partial charge in [-0.2, -0.15) is 10.1 Å². The molecule has 8 heteroatoms. The van der Waals surface area contributed by atoms with Gasteiger partial charge in [0.25, 0.3) is 0 Å². The molecule has 1 amide bonds. The van der Waals surface area contributed by atoms with Crippen molar-refractivity contribution in [2.45, 2.75) is 25.8 Å². The lowest BCUT2D eigenvalue weighted by atomic mass is 9.95. The lowest BCUT2D eigenvalue weighted by molar-refractivity contribution is -0.116. The first-order chi connectivity index (χ1) is 11.6. The van der Waals surface area contributed by atoms with Gasteiger partial charge in [-0.25, -0.2) is 4.98 Å². The topological polar surface area (TPSA) is 72.7 Å². The van der Waals surface area contributed by atoms with Gasteiger partial charge in [0.2, 0.25) is 11.2 Å². The number of aromatic nitrogens is 4. The SMILES string of the molecule is CCCn1cc2c(C3C(=O)Nc4ccc(Br)cc43)nc(Cl)nc2n1. The largest absolute Gasteiger partial charge is 0.325 e. The van der Waals surface area contributed by atoms with Gasteiger partial charge < -0.3 is 5.32 Å². The van der Waals surface area contributed by atoms with Crippen LogP contribution in [-0.4, -0.2) is 25.7 Å². The predicted molar refractivity (Wildman–Crippen MR) is 95.2 cm³/mol. The van der Waals surface area contributed by atoms with Crippen molar-refractivity contribution >= 4 is 50.2 Å². The van der Waals surface area contributed by atoms with Gasteiger partial charge >= 0.3 is 0 Å². The first-order valence-electron chi connectivity index (χ1n) is 7.57. The normalized spacial score (nSPS) is 16.5. The highest BCUT2D eigenvalue weighted by Crippen LogP contribution is 2.40. The molecular weight excluding hydrogens is 394 g/mol. The number of hydrogen-bond donors (Lipinski definition) is 1. The predicted octanol–water partition coefficient (Wildman–Crippen LogP) is 3.74. The van der Waals surface area contributed by atoms with E-state index in [4.69, 9.17) is 11.6 Å². The summed E-state index contributed by atoms with van der Waals surface area (Å²) in [5.74, 6) is -0.651. The number of hydrogen-bond acceptors (Lipinski definition) is 4. The fourth-order valence-corrected chi connectivity index (χ4v) is 3.56. The van der Waals surface area contributed by atoms with E-state index in [-0.39, 0.29) is 11.2 Å². The van der Waals surface area contributed by atoms with E-state index in [9.17, 15) is 4.79 Å². The summed E-state index contributed by atoms with van der Waals surface area (Å²) in [7, 11) is 0. The number of aryl methyl sites for hydroxylation is 1. The fourth-order valence-electron chi connectivity index (χ4n) is 3.01. The summed E-state index contributed by atoms with van der Waals surface area (Å²) in [6.45, 7) is 2.84. The molecule has 1 atom stereocenters. The Bertz CT molecular complexity index is 971. The smallest absolute Gasteiger partial charge is 0.238 e. The van der Waals surface area contributed by atoms with Crippen molar-refractivity contribution < 1.29 is 4.79 Å². The second-order valence-electron chi connectivity index (χ2n) is 5.66. The zero-order valence-electron chi connectivity index (χ0n) is 12.8. The number of benzene rings is 1. The van der Waals surface area contributed by atoms with Gasteiger partial charge in [-0.3, -0.25) is 9.48 Å². The van der Waals surface area contributed by atoms with Crippen LogP contribution in [0.25, 0.3) is 11.0 Å². The Morgan fingerprint density at radius 1 is 1.38 bits per heavy atom. The lowest BCUT2D eigenvalue weighted by Gasteiger charge is -2.09. The molecule has 1 aliphatic rings. The first kappa shape index (κ1) is 15.5. The monoisotopic (exact) mass is 405 g/mol. The average Bonchev–Trinajstić information content (AvgIpc) is 3.06. The van der Waals surface area contributed by atoms with Crippen molar-refractivity contribution in [2.24, 2.45) is 0 Å². The molecular formula is C16H13BrClN5O. The molecule has 1 aliphatic heterocycles. The minimum atomic E-state index is -0.528. The molecule has 3 heterocycles. The van der Waals surface area contributed by atoms with Crippen molar-refractivity contribution in [3.63, 3.8) is 0 Å². The molecule has 122 valence electrons. The van der Waals surface area contributed by atoms with Gasteiger partial charge in [-0.1, -0.05) is 22.9 Å². The van der Waals surface area contributed by atoms with Gasteiger partial charge in [0, 0.05) is 22.9 Å². The summed E-state index contributed by atoms with van der Waals surface area (Å²) >= 11 is 9.54. The Balaban J connectivity index is 1.93. The van der Waals surface area contributed by atoms with Gasteiger partial charge in [0.1, 0.15) is 5.92 Å². The molecule has 4 rings (SSSR count). The van der Waals surface area contributed by atoms with Crippen LogP contribution < -0.4 is 5.32 Å². The minimum Gasteiger partial charge on any atom is -0.325 e. The number of carbonyl (C=O) groups is 1. The van der Waals surface area contributed by atoms with Crippen LogP contribution in [0.3, 0.4) is 0 Å². The van der Waals surface area contributed by atoms with E-state index in [0.717, 1.165) is 34.1 Å². The van der Waals surface area contributed by atoms with Crippen LogP contribution in [-0.2, 0) is 11.3 Å². The number of rotatable bonds is 3. The Kier molecular flexibility index (Phi) is 3.77. The van der Waals surface area contributed by atoms with Gasteiger partial charge in [0.15, 0.2) is 5.65 Å². The third-order valence-corrected chi connectivity index (χ3v) is 4.66. The second-order valence-corrected chi connectivity index (χ2v) is 6.91. The van der Waals surface area contributed by atoms with Gasteiger partial charge in [-0.15, -0.1) is 0 Å². The Hall–Kier alpha value is -1.99. The van der Waals surface area contributed by atoms with Crippen LogP contribution in [0.5, 0.6) is 0 Å². The van der Waals surface area contributed by atoms with E-state index >= 15 is 0 Å². The number of nitrogens with one attached hydrogen (secondary N) is 1. The first-order valence-corrected chi connectivity index (χ1v) is 8.75. The Morgan fingerprint density at radius 2 is 2.21 bits per heavy atom. The number of anilines is 1. The van der Waals surface area contributed by atoms with Crippen molar-refractivity contribution in [3.05, 3.63) is 45.4 Å². The molecule has 0 aliphatic carbocycles.